The number of amides is 1. The second-order valence-corrected chi connectivity index (χ2v) is 4.79. The van der Waals surface area contributed by atoms with E-state index < -0.39 is 0 Å². The summed E-state index contributed by atoms with van der Waals surface area (Å²) in [6, 6.07) is 9.98. The van der Waals surface area contributed by atoms with Crippen LogP contribution in [0.2, 0.25) is 0 Å². The smallest absolute Gasteiger partial charge is 0.225 e. The Hall–Kier alpha value is -1.51. The minimum Gasteiger partial charge on any atom is -0.383 e. The van der Waals surface area contributed by atoms with E-state index in [1.54, 1.807) is 0 Å². The second kappa shape index (κ2) is 6.28. The van der Waals surface area contributed by atoms with Gasteiger partial charge in [0, 0.05) is 24.2 Å². The van der Waals surface area contributed by atoms with Gasteiger partial charge in [0.15, 0.2) is 0 Å². The van der Waals surface area contributed by atoms with E-state index in [4.69, 9.17) is 0 Å². The molecule has 2 N–H and O–H groups in total. The van der Waals surface area contributed by atoms with Crippen LogP contribution in [0.3, 0.4) is 0 Å². The van der Waals surface area contributed by atoms with Crippen molar-refractivity contribution in [3.63, 3.8) is 0 Å². The molecule has 0 aliphatic heterocycles. The van der Waals surface area contributed by atoms with Gasteiger partial charge in [0.2, 0.25) is 5.91 Å². The largest absolute Gasteiger partial charge is 0.383 e. The molecule has 0 spiro atoms. The number of benzene rings is 1. The van der Waals surface area contributed by atoms with Gasteiger partial charge in [-0.05, 0) is 18.6 Å². The minimum atomic E-state index is -0.271. The van der Waals surface area contributed by atoms with Gasteiger partial charge in [-0.2, -0.15) is 0 Å². The number of nitrogens with one attached hydrogen (secondary N) is 2. The molecular formula is C14H22N2O. The SMILES string of the molecule is CCC(C)(C)C(=O)NCCNc1ccccc1. The maximum absolute atomic E-state index is 11.8. The summed E-state index contributed by atoms with van der Waals surface area (Å²) in [7, 11) is 0. The van der Waals surface area contributed by atoms with Crippen molar-refractivity contribution in [1.82, 2.24) is 5.32 Å². The molecule has 1 rings (SSSR count). The van der Waals surface area contributed by atoms with Crippen molar-refractivity contribution < 1.29 is 4.79 Å². The molecule has 0 heterocycles. The van der Waals surface area contributed by atoms with E-state index >= 15 is 0 Å². The second-order valence-electron chi connectivity index (χ2n) is 4.79. The molecule has 0 fully saturated rings. The summed E-state index contributed by atoms with van der Waals surface area (Å²) in [5, 5.41) is 6.20. The van der Waals surface area contributed by atoms with Crippen LogP contribution < -0.4 is 10.6 Å². The van der Waals surface area contributed by atoms with Crippen LogP contribution in [0.15, 0.2) is 30.3 Å². The zero-order valence-electron chi connectivity index (χ0n) is 10.9. The molecular weight excluding hydrogens is 212 g/mol. The van der Waals surface area contributed by atoms with Crippen LogP contribution >= 0.6 is 0 Å². The van der Waals surface area contributed by atoms with Crippen molar-refractivity contribution in [3.8, 4) is 0 Å². The molecule has 1 aromatic rings. The first-order chi connectivity index (χ1) is 8.06. The summed E-state index contributed by atoms with van der Waals surface area (Å²) >= 11 is 0. The standard InChI is InChI=1S/C14H22N2O/c1-4-14(2,3)13(17)16-11-10-15-12-8-6-5-7-9-12/h5-9,15H,4,10-11H2,1-3H3,(H,16,17). The van der Waals surface area contributed by atoms with E-state index in [9.17, 15) is 4.79 Å². The van der Waals surface area contributed by atoms with Crippen molar-refractivity contribution in [2.75, 3.05) is 18.4 Å². The Morgan fingerprint density at radius 2 is 1.82 bits per heavy atom. The lowest BCUT2D eigenvalue weighted by molar-refractivity contribution is -0.129. The van der Waals surface area contributed by atoms with Crippen LogP contribution in [0.1, 0.15) is 27.2 Å². The molecule has 0 radical (unpaired) electrons. The van der Waals surface area contributed by atoms with Gasteiger partial charge in [-0.1, -0.05) is 39.0 Å². The molecule has 0 unspecified atom stereocenters. The average molecular weight is 234 g/mol. The normalized spacial score (nSPS) is 11.0. The van der Waals surface area contributed by atoms with Crippen molar-refractivity contribution in [1.29, 1.82) is 0 Å². The molecule has 0 saturated carbocycles. The molecule has 3 heteroatoms. The summed E-state index contributed by atoms with van der Waals surface area (Å²) in [5.74, 6) is 0.120. The topological polar surface area (TPSA) is 41.1 Å². The van der Waals surface area contributed by atoms with E-state index in [-0.39, 0.29) is 11.3 Å². The molecule has 0 atom stereocenters. The Labute approximate surface area is 104 Å². The third-order valence-corrected chi connectivity index (χ3v) is 3.01. The lowest BCUT2D eigenvalue weighted by Crippen LogP contribution is -2.38. The molecule has 0 aliphatic carbocycles. The van der Waals surface area contributed by atoms with Crippen LogP contribution in [0, 0.1) is 5.41 Å². The number of rotatable bonds is 6. The number of para-hydroxylation sites is 1. The van der Waals surface area contributed by atoms with Crippen LogP contribution in [0.25, 0.3) is 0 Å². The third-order valence-electron chi connectivity index (χ3n) is 3.01. The maximum Gasteiger partial charge on any atom is 0.225 e. The highest BCUT2D eigenvalue weighted by molar-refractivity contribution is 5.81. The van der Waals surface area contributed by atoms with Gasteiger partial charge < -0.3 is 10.6 Å². The van der Waals surface area contributed by atoms with Crippen molar-refractivity contribution >= 4 is 11.6 Å². The highest BCUT2D eigenvalue weighted by Gasteiger charge is 2.24. The predicted octanol–water partition coefficient (Wildman–Crippen LogP) is 2.65. The summed E-state index contributed by atoms with van der Waals surface area (Å²) in [6.07, 6.45) is 0.852. The quantitative estimate of drug-likeness (QED) is 0.743. The van der Waals surface area contributed by atoms with Gasteiger partial charge in [-0.25, -0.2) is 0 Å². The van der Waals surface area contributed by atoms with E-state index in [1.807, 2.05) is 51.1 Å². The summed E-state index contributed by atoms with van der Waals surface area (Å²) in [5.41, 5.74) is 0.809. The third kappa shape index (κ3) is 4.47. The molecule has 1 amide bonds. The molecule has 0 aliphatic rings. The Morgan fingerprint density at radius 3 is 2.41 bits per heavy atom. The average Bonchev–Trinajstić information content (AvgIpc) is 2.35. The minimum absolute atomic E-state index is 0.120. The number of hydrogen-bond acceptors (Lipinski definition) is 2. The first kappa shape index (κ1) is 13.6. The summed E-state index contributed by atoms with van der Waals surface area (Å²) in [6.45, 7) is 7.36. The Bertz CT molecular complexity index is 346. The van der Waals surface area contributed by atoms with Crippen molar-refractivity contribution in [3.05, 3.63) is 30.3 Å². The fourth-order valence-electron chi connectivity index (χ4n) is 1.34. The maximum atomic E-state index is 11.8. The van der Waals surface area contributed by atoms with Gasteiger partial charge in [0.25, 0.3) is 0 Å². The van der Waals surface area contributed by atoms with E-state index in [1.165, 1.54) is 0 Å². The molecule has 3 nitrogen and oxygen atoms in total. The summed E-state index contributed by atoms with van der Waals surface area (Å²) in [4.78, 5) is 11.8. The van der Waals surface area contributed by atoms with Gasteiger partial charge >= 0.3 is 0 Å². The predicted molar refractivity (Wildman–Crippen MR) is 72.0 cm³/mol. The van der Waals surface area contributed by atoms with Crippen LogP contribution in [-0.4, -0.2) is 19.0 Å². The number of carbonyl (C=O) groups excluding carboxylic acids is 1. The van der Waals surface area contributed by atoms with Gasteiger partial charge in [0.1, 0.15) is 0 Å². The van der Waals surface area contributed by atoms with Crippen LogP contribution in [0.5, 0.6) is 0 Å². The fourth-order valence-corrected chi connectivity index (χ4v) is 1.34. The highest BCUT2D eigenvalue weighted by Crippen LogP contribution is 2.19. The van der Waals surface area contributed by atoms with Crippen LogP contribution in [-0.2, 0) is 4.79 Å². The molecule has 0 bridgehead atoms. The molecule has 0 aromatic heterocycles. The molecule has 17 heavy (non-hydrogen) atoms. The first-order valence-electron chi connectivity index (χ1n) is 6.13. The van der Waals surface area contributed by atoms with Gasteiger partial charge in [-0.3, -0.25) is 4.79 Å². The number of hydrogen-bond donors (Lipinski definition) is 2. The Morgan fingerprint density at radius 1 is 1.18 bits per heavy atom. The number of anilines is 1. The van der Waals surface area contributed by atoms with Gasteiger partial charge in [-0.15, -0.1) is 0 Å². The lowest BCUT2D eigenvalue weighted by Gasteiger charge is -2.21. The van der Waals surface area contributed by atoms with E-state index in [0.717, 1.165) is 18.7 Å². The first-order valence-corrected chi connectivity index (χ1v) is 6.13. The van der Waals surface area contributed by atoms with E-state index in [0.29, 0.717) is 6.54 Å². The molecule has 0 saturated heterocycles. The molecule has 94 valence electrons. The van der Waals surface area contributed by atoms with Crippen molar-refractivity contribution in [2.45, 2.75) is 27.2 Å². The zero-order chi connectivity index (χ0) is 12.7. The summed E-state index contributed by atoms with van der Waals surface area (Å²) < 4.78 is 0. The van der Waals surface area contributed by atoms with Gasteiger partial charge in [0.05, 0.1) is 0 Å². The Kier molecular flexibility index (Phi) is 5.01. The zero-order valence-corrected chi connectivity index (χ0v) is 10.9. The number of carbonyl (C=O) groups is 1. The lowest BCUT2D eigenvalue weighted by atomic mass is 9.89. The van der Waals surface area contributed by atoms with Crippen molar-refractivity contribution in [2.24, 2.45) is 5.41 Å². The fraction of sp³-hybridized carbons (Fsp3) is 0.500. The monoisotopic (exact) mass is 234 g/mol. The Balaban J connectivity index is 2.23. The highest BCUT2D eigenvalue weighted by atomic mass is 16.2. The molecule has 1 aromatic carbocycles. The van der Waals surface area contributed by atoms with Crippen LogP contribution in [0.4, 0.5) is 5.69 Å². The van der Waals surface area contributed by atoms with E-state index in [2.05, 4.69) is 10.6 Å².